The minimum Gasteiger partial charge on any atom is -0.504 e. The summed E-state index contributed by atoms with van der Waals surface area (Å²) < 4.78 is 5.08. The van der Waals surface area contributed by atoms with E-state index in [4.69, 9.17) is 4.74 Å². The quantitative estimate of drug-likeness (QED) is 0.511. The highest BCUT2D eigenvalue weighted by Gasteiger charge is 2.12. The lowest BCUT2D eigenvalue weighted by atomic mass is 9.99. The van der Waals surface area contributed by atoms with Gasteiger partial charge in [-0.3, -0.25) is 0 Å². The Kier molecular flexibility index (Phi) is 9.72. The highest BCUT2D eigenvalue weighted by atomic mass is 16.5. The molecule has 0 aliphatic rings. The molecule has 4 nitrogen and oxygen atoms in total. The number of phenols is 1. The molecule has 0 spiro atoms. The van der Waals surface area contributed by atoms with E-state index in [-0.39, 0.29) is 5.75 Å². The lowest BCUT2D eigenvalue weighted by Crippen LogP contribution is -2.18. The molecule has 4 heteroatoms. The van der Waals surface area contributed by atoms with Gasteiger partial charge in [-0.25, -0.2) is 0 Å². The van der Waals surface area contributed by atoms with Gasteiger partial charge in [0.1, 0.15) is 0 Å². The SMILES string of the molecule is CCCCCCC[C@H](O)C[C@@H](O)CCc1ccc(O)c(OC)c1. The third-order valence-corrected chi connectivity index (χ3v) is 4.20. The van der Waals surface area contributed by atoms with Crippen LogP contribution in [-0.4, -0.2) is 34.6 Å². The lowest BCUT2D eigenvalue weighted by Gasteiger charge is -2.16. The fourth-order valence-corrected chi connectivity index (χ4v) is 2.74. The molecule has 0 saturated heterocycles. The van der Waals surface area contributed by atoms with Crippen LogP contribution in [0.4, 0.5) is 0 Å². The van der Waals surface area contributed by atoms with Crippen LogP contribution in [0.25, 0.3) is 0 Å². The Hall–Kier alpha value is -1.26. The number of aromatic hydroxyl groups is 1. The van der Waals surface area contributed by atoms with Crippen molar-refractivity contribution < 1.29 is 20.1 Å². The largest absolute Gasteiger partial charge is 0.504 e. The first-order chi connectivity index (χ1) is 11.1. The fourth-order valence-electron chi connectivity index (χ4n) is 2.74. The number of methoxy groups -OCH3 is 1. The third kappa shape index (κ3) is 8.24. The van der Waals surface area contributed by atoms with Gasteiger partial charge in [-0.2, -0.15) is 0 Å². The minimum atomic E-state index is -0.500. The summed E-state index contributed by atoms with van der Waals surface area (Å²) in [5.74, 6) is 0.569. The maximum atomic E-state index is 10.1. The van der Waals surface area contributed by atoms with E-state index in [1.165, 1.54) is 26.4 Å². The lowest BCUT2D eigenvalue weighted by molar-refractivity contribution is 0.0697. The number of hydrogen-bond donors (Lipinski definition) is 3. The van der Waals surface area contributed by atoms with E-state index in [1.807, 2.05) is 6.07 Å². The number of hydrogen-bond acceptors (Lipinski definition) is 4. The van der Waals surface area contributed by atoms with E-state index in [0.29, 0.717) is 25.0 Å². The smallest absolute Gasteiger partial charge is 0.160 e. The molecule has 3 N–H and O–H groups in total. The fraction of sp³-hybridized carbons (Fsp3) is 0.684. The second kappa shape index (κ2) is 11.3. The monoisotopic (exact) mass is 324 g/mol. The van der Waals surface area contributed by atoms with Gasteiger partial charge in [-0.05, 0) is 43.4 Å². The van der Waals surface area contributed by atoms with Gasteiger partial charge in [0, 0.05) is 0 Å². The van der Waals surface area contributed by atoms with Gasteiger partial charge in [0.05, 0.1) is 19.3 Å². The molecular formula is C19H32O4. The van der Waals surface area contributed by atoms with E-state index in [9.17, 15) is 15.3 Å². The average Bonchev–Trinajstić information content (AvgIpc) is 2.54. The molecule has 2 atom stereocenters. The molecule has 1 rings (SSSR count). The number of aliphatic hydroxyl groups excluding tert-OH is 2. The van der Waals surface area contributed by atoms with Crippen molar-refractivity contribution in [1.82, 2.24) is 0 Å². The molecule has 1 aromatic rings. The molecule has 0 aliphatic heterocycles. The number of benzene rings is 1. The van der Waals surface area contributed by atoms with Gasteiger partial charge >= 0.3 is 0 Å². The van der Waals surface area contributed by atoms with Crippen molar-refractivity contribution in [2.75, 3.05) is 7.11 Å². The summed E-state index contributed by atoms with van der Waals surface area (Å²) in [4.78, 5) is 0. The summed E-state index contributed by atoms with van der Waals surface area (Å²) in [5.41, 5.74) is 1.01. The Morgan fingerprint density at radius 3 is 2.39 bits per heavy atom. The first kappa shape index (κ1) is 19.8. The number of rotatable bonds is 12. The highest BCUT2D eigenvalue weighted by molar-refractivity contribution is 5.41. The standard InChI is InChI=1S/C19H32O4/c1-3-4-5-6-7-8-16(20)14-17(21)11-9-15-10-12-18(22)19(13-15)23-2/h10,12-13,16-17,20-22H,3-9,11,14H2,1-2H3/t16-,17-/m0/s1. The van der Waals surface area contributed by atoms with Crippen molar-refractivity contribution in [3.8, 4) is 11.5 Å². The summed E-state index contributed by atoms with van der Waals surface area (Å²) in [7, 11) is 1.52. The summed E-state index contributed by atoms with van der Waals surface area (Å²) in [6.45, 7) is 2.19. The Morgan fingerprint density at radius 2 is 1.70 bits per heavy atom. The zero-order chi connectivity index (χ0) is 17.1. The number of unbranched alkanes of at least 4 members (excludes halogenated alkanes) is 4. The Bertz CT molecular complexity index is 433. The molecule has 0 fully saturated rings. The predicted octanol–water partition coefficient (Wildman–Crippen LogP) is 3.81. The molecular weight excluding hydrogens is 292 g/mol. The summed E-state index contributed by atoms with van der Waals surface area (Å²) in [6.07, 6.45) is 7.49. The number of ether oxygens (including phenoxy) is 1. The normalized spacial score (nSPS) is 13.7. The molecule has 1 aromatic carbocycles. The Labute approximate surface area is 140 Å². The van der Waals surface area contributed by atoms with Crippen molar-refractivity contribution >= 4 is 0 Å². The summed E-state index contributed by atoms with van der Waals surface area (Å²) in [5, 5.41) is 29.6. The Morgan fingerprint density at radius 1 is 1.00 bits per heavy atom. The van der Waals surface area contributed by atoms with Crippen LogP contribution in [0.5, 0.6) is 11.5 Å². The number of phenolic OH excluding ortho intramolecular Hbond substituents is 1. The van der Waals surface area contributed by atoms with Crippen molar-refractivity contribution in [3.63, 3.8) is 0 Å². The van der Waals surface area contributed by atoms with E-state index in [1.54, 1.807) is 12.1 Å². The van der Waals surface area contributed by atoms with Crippen molar-refractivity contribution in [1.29, 1.82) is 0 Å². The predicted molar refractivity (Wildman–Crippen MR) is 93.0 cm³/mol. The van der Waals surface area contributed by atoms with E-state index in [0.717, 1.165) is 24.8 Å². The first-order valence-electron chi connectivity index (χ1n) is 8.78. The summed E-state index contributed by atoms with van der Waals surface area (Å²) >= 11 is 0. The van der Waals surface area contributed by atoms with E-state index < -0.39 is 12.2 Å². The van der Waals surface area contributed by atoms with Crippen LogP contribution < -0.4 is 4.74 Å². The van der Waals surface area contributed by atoms with Crippen LogP contribution in [0, 0.1) is 0 Å². The van der Waals surface area contributed by atoms with Crippen LogP contribution in [0.3, 0.4) is 0 Å². The van der Waals surface area contributed by atoms with Gasteiger partial charge in [0.25, 0.3) is 0 Å². The average molecular weight is 324 g/mol. The van der Waals surface area contributed by atoms with Gasteiger partial charge < -0.3 is 20.1 Å². The second-order valence-electron chi connectivity index (χ2n) is 6.29. The molecule has 0 heterocycles. The molecule has 132 valence electrons. The van der Waals surface area contributed by atoms with Crippen LogP contribution in [0.2, 0.25) is 0 Å². The maximum Gasteiger partial charge on any atom is 0.160 e. The van der Waals surface area contributed by atoms with Gasteiger partial charge in [-0.1, -0.05) is 45.1 Å². The highest BCUT2D eigenvalue weighted by Crippen LogP contribution is 2.27. The minimum absolute atomic E-state index is 0.121. The zero-order valence-electron chi connectivity index (χ0n) is 14.5. The molecule has 0 bridgehead atoms. The molecule has 0 saturated carbocycles. The maximum absolute atomic E-state index is 10.1. The molecule has 0 unspecified atom stereocenters. The number of aryl methyl sites for hydroxylation is 1. The molecule has 0 aliphatic carbocycles. The van der Waals surface area contributed by atoms with Gasteiger partial charge in [0.15, 0.2) is 11.5 Å². The first-order valence-corrected chi connectivity index (χ1v) is 8.78. The zero-order valence-corrected chi connectivity index (χ0v) is 14.5. The second-order valence-corrected chi connectivity index (χ2v) is 6.29. The summed E-state index contributed by atoms with van der Waals surface area (Å²) in [6, 6.07) is 5.21. The van der Waals surface area contributed by atoms with Crippen LogP contribution in [0.1, 0.15) is 63.9 Å². The van der Waals surface area contributed by atoms with E-state index in [2.05, 4.69) is 6.92 Å². The molecule has 23 heavy (non-hydrogen) atoms. The van der Waals surface area contributed by atoms with Crippen molar-refractivity contribution in [3.05, 3.63) is 23.8 Å². The molecule has 0 radical (unpaired) electrons. The van der Waals surface area contributed by atoms with Crippen LogP contribution >= 0.6 is 0 Å². The van der Waals surface area contributed by atoms with Gasteiger partial charge in [-0.15, -0.1) is 0 Å². The third-order valence-electron chi connectivity index (χ3n) is 4.20. The topological polar surface area (TPSA) is 69.9 Å². The number of aliphatic hydroxyl groups is 2. The molecule has 0 amide bonds. The van der Waals surface area contributed by atoms with Gasteiger partial charge in [0.2, 0.25) is 0 Å². The molecule has 0 aromatic heterocycles. The van der Waals surface area contributed by atoms with Crippen molar-refractivity contribution in [2.45, 2.75) is 76.9 Å². The van der Waals surface area contributed by atoms with Crippen LogP contribution in [0.15, 0.2) is 18.2 Å². The van der Waals surface area contributed by atoms with E-state index >= 15 is 0 Å². The van der Waals surface area contributed by atoms with Crippen LogP contribution in [-0.2, 0) is 6.42 Å². The Balaban J connectivity index is 2.24. The van der Waals surface area contributed by atoms with Crippen molar-refractivity contribution in [2.24, 2.45) is 0 Å².